The van der Waals surface area contributed by atoms with Crippen LogP contribution in [0.4, 0.5) is 0 Å². The molecule has 0 saturated heterocycles. The molecule has 0 radical (unpaired) electrons. The SMILES string of the molecule is CC(C)(C)[N+]1=C(O)CNCC1. The first-order chi connectivity index (χ1) is 5.02. The smallest absolute Gasteiger partial charge is 0.348 e. The highest BCUT2D eigenvalue weighted by Gasteiger charge is 2.30. The zero-order valence-corrected chi connectivity index (χ0v) is 7.52. The molecule has 0 amide bonds. The molecule has 1 aliphatic rings. The lowest BCUT2D eigenvalue weighted by Gasteiger charge is -2.22. The second-order valence-electron chi connectivity index (χ2n) is 3.92. The van der Waals surface area contributed by atoms with Crippen LogP contribution in [0, 0.1) is 0 Å². The molecule has 0 atom stereocenters. The van der Waals surface area contributed by atoms with Gasteiger partial charge in [0.15, 0.2) is 12.1 Å². The van der Waals surface area contributed by atoms with Gasteiger partial charge in [-0.2, -0.15) is 4.58 Å². The molecule has 0 aromatic heterocycles. The maximum Gasteiger partial charge on any atom is 0.348 e. The van der Waals surface area contributed by atoms with E-state index in [-0.39, 0.29) is 5.54 Å². The first kappa shape index (κ1) is 8.53. The van der Waals surface area contributed by atoms with Crippen molar-refractivity contribution in [1.29, 1.82) is 0 Å². The van der Waals surface area contributed by atoms with Crippen LogP contribution in [-0.4, -0.2) is 40.8 Å². The number of nitrogens with one attached hydrogen (secondary N) is 1. The van der Waals surface area contributed by atoms with E-state index in [1.807, 2.05) is 4.58 Å². The predicted molar refractivity (Wildman–Crippen MR) is 45.4 cm³/mol. The average molecular weight is 157 g/mol. The van der Waals surface area contributed by atoms with Crippen molar-refractivity contribution in [2.45, 2.75) is 26.3 Å². The lowest BCUT2D eigenvalue weighted by Crippen LogP contribution is -2.48. The van der Waals surface area contributed by atoms with Crippen LogP contribution in [-0.2, 0) is 0 Å². The number of aliphatic hydroxyl groups excluding tert-OH is 1. The van der Waals surface area contributed by atoms with Crippen molar-refractivity contribution in [3.8, 4) is 0 Å². The summed E-state index contributed by atoms with van der Waals surface area (Å²) in [4.78, 5) is 0. The lowest BCUT2D eigenvalue weighted by molar-refractivity contribution is -0.605. The van der Waals surface area contributed by atoms with Gasteiger partial charge in [-0.05, 0) is 20.8 Å². The third-order valence-electron chi connectivity index (χ3n) is 1.92. The van der Waals surface area contributed by atoms with Crippen LogP contribution in [0.5, 0.6) is 0 Å². The van der Waals surface area contributed by atoms with E-state index < -0.39 is 0 Å². The maximum absolute atomic E-state index is 9.48. The Labute approximate surface area is 67.7 Å². The summed E-state index contributed by atoms with van der Waals surface area (Å²) in [6.07, 6.45) is 0. The minimum Gasteiger partial charge on any atom is -0.463 e. The lowest BCUT2D eigenvalue weighted by atomic mass is 10.1. The molecule has 0 aliphatic carbocycles. The summed E-state index contributed by atoms with van der Waals surface area (Å²) in [6.45, 7) is 8.78. The molecular weight excluding hydrogens is 140 g/mol. The molecule has 0 spiro atoms. The summed E-state index contributed by atoms with van der Waals surface area (Å²) >= 11 is 0. The first-order valence-electron chi connectivity index (χ1n) is 4.05. The van der Waals surface area contributed by atoms with Gasteiger partial charge in [0.2, 0.25) is 0 Å². The summed E-state index contributed by atoms with van der Waals surface area (Å²) in [7, 11) is 0. The Kier molecular flexibility index (Phi) is 2.18. The van der Waals surface area contributed by atoms with Gasteiger partial charge < -0.3 is 5.11 Å². The van der Waals surface area contributed by atoms with Crippen molar-refractivity contribution >= 4 is 5.90 Å². The van der Waals surface area contributed by atoms with E-state index in [1.54, 1.807) is 0 Å². The highest BCUT2D eigenvalue weighted by Crippen LogP contribution is 2.07. The van der Waals surface area contributed by atoms with Crippen molar-refractivity contribution in [2.75, 3.05) is 19.6 Å². The van der Waals surface area contributed by atoms with Gasteiger partial charge in [0.1, 0.15) is 6.54 Å². The van der Waals surface area contributed by atoms with Crippen LogP contribution >= 0.6 is 0 Å². The molecule has 0 fully saturated rings. The molecule has 0 bridgehead atoms. The number of nitrogens with zero attached hydrogens (tertiary/aromatic N) is 1. The summed E-state index contributed by atoms with van der Waals surface area (Å²) in [5.74, 6) is 0.462. The third kappa shape index (κ3) is 1.93. The van der Waals surface area contributed by atoms with Gasteiger partial charge in [-0.25, -0.2) is 0 Å². The van der Waals surface area contributed by atoms with E-state index in [2.05, 4.69) is 26.1 Å². The zero-order chi connectivity index (χ0) is 8.48. The summed E-state index contributed by atoms with van der Waals surface area (Å²) in [5, 5.41) is 12.6. The van der Waals surface area contributed by atoms with Gasteiger partial charge in [-0.3, -0.25) is 5.32 Å². The molecule has 0 aromatic rings. The minimum atomic E-state index is 0.0478. The predicted octanol–water partition coefficient (Wildman–Crippen LogP) is 0.357. The van der Waals surface area contributed by atoms with Crippen molar-refractivity contribution in [3.05, 3.63) is 0 Å². The maximum atomic E-state index is 9.48. The molecular formula is C8H17N2O+. The fourth-order valence-electron chi connectivity index (χ4n) is 1.34. The summed E-state index contributed by atoms with van der Waals surface area (Å²) < 4.78 is 2.03. The van der Waals surface area contributed by atoms with Gasteiger partial charge in [0.25, 0.3) is 0 Å². The average Bonchev–Trinajstić information content (AvgIpc) is 1.86. The third-order valence-corrected chi connectivity index (χ3v) is 1.92. The summed E-state index contributed by atoms with van der Waals surface area (Å²) in [5.41, 5.74) is 0.0478. The van der Waals surface area contributed by atoms with Crippen molar-refractivity contribution in [3.63, 3.8) is 0 Å². The topological polar surface area (TPSA) is 35.3 Å². The zero-order valence-electron chi connectivity index (χ0n) is 7.52. The Balaban J connectivity index is 2.83. The van der Waals surface area contributed by atoms with Crippen LogP contribution < -0.4 is 5.32 Å². The molecule has 1 rings (SSSR count). The quantitative estimate of drug-likeness (QED) is 0.498. The van der Waals surface area contributed by atoms with Gasteiger partial charge in [0, 0.05) is 0 Å². The van der Waals surface area contributed by atoms with E-state index in [0.717, 1.165) is 13.1 Å². The number of hydrogen-bond acceptors (Lipinski definition) is 1. The van der Waals surface area contributed by atoms with Gasteiger partial charge in [0.05, 0.1) is 6.54 Å². The van der Waals surface area contributed by atoms with Crippen LogP contribution in [0.3, 0.4) is 0 Å². The molecule has 2 N–H and O–H groups in total. The highest BCUT2D eigenvalue weighted by molar-refractivity contribution is 5.71. The van der Waals surface area contributed by atoms with E-state index in [4.69, 9.17) is 0 Å². The number of rotatable bonds is 0. The second-order valence-corrected chi connectivity index (χ2v) is 3.92. The molecule has 0 unspecified atom stereocenters. The molecule has 3 heteroatoms. The highest BCUT2D eigenvalue weighted by atomic mass is 16.3. The van der Waals surface area contributed by atoms with E-state index >= 15 is 0 Å². The van der Waals surface area contributed by atoms with Crippen LogP contribution in [0.2, 0.25) is 0 Å². The van der Waals surface area contributed by atoms with Gasteiger partial charge in [-0.15, -0.1) is 0 Å². The largest absolute Gasteiger partial charge is 0.463 e. The molecule has 3 nitrogen and oxygen atoms in total. The van der Waals surface area contributed by atoms with E-state index in [1.165, 1.54) is 0 Å². The van der Waals surface area contributed by atoms with Crippen LogP contribution in [0.25, 0.3) is 0 Å². The molecule has 64 valence electrons. The van der Waals surface area contributed by atoms with Crippen LogP contribution in [0.15, 0.2) is 0 Å². The van der Waals surface area contributed by atoms with Crippen molar-refractivity contribution < 1.29 is 9.68 Å². The molecule has 0 aromatic carbocycles. The first-order valence-corrected chi connectivity index (χ1v) is 4.05. The monoisotopic (exact) mass is 157 g/mol. The number of aliphatic hydroxyl groups is 1. The normalized spacial score (nSPS) is 20.6. The molecule has 1 heterocycles. The summed E-state index contributed by atoms with van der Waals surface area (Å²) in [6, 6.07) is 0. The second kappa shape index (κ2) is 2.81. The van der Waals surface area contributed by atoms with E-state index in [0.29, 0.717) is 12.4 Å². The minimum absolute atomic E-state index is 0.0478. The Morgan fingerprint density at radius 1 is 1.45 bits per heavy atom. The Morgan fingerprint density at radius 2 is 2.09 bits per heavy atom. The van der Waals surface area contributed by atoms with E-state index in [9.17, 15) is 5.11 Å². The Hall–Kier alpha value is -0.570. The standard InChI is InChI=1S/C8H16N2O/c1-8(2,3)10-5-4-9-6-7(10)11/h9H,4-6H2,1-3H3/p+1. The number of hydrogen-bond donors (Lipinski definition) is 2. The van der Waals surface area contributed by atoms with Crippen LogP contribution in [0.1, 0.15) is 20.8 Å². The van der Waals surface area contributed by atoms with Crippen molar-refractivity contribution in [2.24, 2.45) is 0 Å². The fraction of sp³-hybridized carbons (Fsp3) is 0.875. The Bertz CT molecular complexity index is 179. The molecule has 1 aliphatic heterocycles. The molecule has 11 heavy (non-hydrogen) atoms. The van der Waals surface area contributed by atoms with Crippen molar-refractivity contribution in [1.82, 2.24) is 5.32 Å². The Morgan fingerprint density at radius 3 is 2.45 bits per heavy atom. The fourth-order valence-corrected chi connectivity index (χ4v) is 1.34. The molecule has 0 saturated carbocycles. The van der Waals surface area contributed by atoms with Gasteiger partial charge in [-0.1, -0.05) is 0 Å². The van der Waals surface area contributed by atoms with Gasteiger partial charge >= 0.3 is 5.90 Å².